The highest BCUT2D eigenvalue weighted by Crippen LogP contribution is 2.30. The van der Waals surface area contributed by atoms with Crippen LogP contribution in [-0.2, 0) is 19.4 Å². The number of aromatic nitrogens is 2. The molecule has 156 valence electrons. The van der Waals surface area contributed by atoms with Gasteiger partial charge in [-0.2, -0.15) is 5.10 Å². The lowest BCUT2D eigenvalue weighted by molar-refractivity contribution is 0.0745. The summed E-state index contributed by atoms with van der Waals surface area (Å²) in [7, 11) is 3.23. The largest absolute Gasteiger partial charge is 0.493 e. The second kappa shape index (κ2) is 8.61. The van der Waals surface area contributed by atoms with Gasteiger partial charge in [0.05, 0.1) is 19.9 Å². The summed E-state index contributed by atoms with van der Waals surface area (Å²) in [5.41, 5.74) is 4.81. The number of fused-ring (bicyclic) bond motifs is 1. The fourth-order valence-corrected chi connectivity index (χ4v) is 4.07. The third-order valence-corrected chi connectivity index (χ3v) is 5.62. The van der Waals surface area contributed by atoms with Crippen LogP contribution in [0.25, 0.3) is 5.69 Å². The van der Waals surface area contributed by atoms with E-state index < -0.39 is 0 Å². The number of hydrogen-bond acceptors (Lipinski definition) is 4. The molecule has 0 radical (unpaired) electrons. The average Bonchev–Trinajstić information content (AvgIpc) is 3.40. The standard InChI is InChI=1S/C24H27N3O3/c1-4-26(16-17-13-14-21(29-2)22(15-17)30-3)24(28)23-19-11-8-12-20(19)27(25-23)18-9-6-5-7-10-18/h5-7,9-10,13-15H,4,8,11-12,16H2,1-3H3. The lowest BCUT2D eigenvalue weighted by atomic mass is 10.1. The van der Waals surface area contributed by atoms with Crippen LogP contribution in [0.4, 0.5) is 0 Å². The molecule has 0 bridgehead atoms. The van der Waals surface area contributed by atoms with Crippen LogP contribution >= 0.6 is 0 Å². The number of methoxy groups -OCH3 is 2. The molecule has 0 saturated heterocycles. The van der Waals surface area contributed by atoms with Crippen molar-refractivity contribution in [3.05, 3.63) is 71.0 Å². The van der Waals surface area contributed by atoms with Gasteiger partial charge in [0.2, 0.25) is 0 Å². The minimum atomic E-state index is -0.0277. The first-order valence-corrected chi connectivity index (χ1v) is 10.3. The summed E-state index contributed by atoms with van der Waals surface area (Å²) in [6, 6.07) is 15.8. The predicted molar refractivity (Wildman–Crippen MR) is 116 cm³/mol. The number of para-hydroxylation sites is 1. The molecule has 1 heterocycles. The number of benzene rings is 2. The van der Waals surface area contributed by atoms with E-state index in [0.29, 0.717) is 30.3 Å². The lowest BCUT2D eigenvalue weighted by Crippen LogP contribution is -2.31. The monoisotopic (exact) mass is 405 g/mol. The van der Waals surface area contributed by atoms with Crippen LogP contribution in [0.5, 0.6) is 11.5 Å². The van der Waals surface area contributed by atoms with Crippen LogP contribution in [0.15, 0.2) is 48.5 Å². The molecule has 0 atom stereocenters. The molecule has 1 aromatic heterocycles. The van der Waals surface area contributed by atoms with Gasteiger partial charge in [0, 0.05) is 24.3 Å². The molecule has 0 saturated carbocycles. The fourth-order valence-electron chi connectivity index (χ4n) is 4.07. The Labute approximate surface area is 177 Å². The van der Waals surface area contributed by atoms with E-state index in [4.69, 9.17) is 14.6 Å². The third kappa shape index (κ3) is 3.65. The molecule has 1 aliphatic carbocycles. The maximum atomic E-state index is 13.5. The number of carbonyl (C=O) groups is 1. The van der Waals surface area contributed by atoms with Crippen molar-refractivity contribution in [2.75, 3.05) is 20.8 Å². The van der Waals surface area contributed by atoms with Gasteiger partial charge >= 0.3 is 0 Å². The molecule has 0 unspecified atom stereocenters. The minimum absolute atomic E-state index is 0.0277. The quantitative estimate of drug-likeness (QED) is 0.595. The van der Waals surface area contributed by atoms with E-state index in [0.717, 1.165) is 41.8 Å². The summed E-state index contributed by atoms with van der Waals surface area (Å²) in [4.78, 5) is 15.3. The highest BCUT2D eigenvalue weighted by atomic mass is 16.5. The molecule has 6 heteroatoms. The summed E-state index contributed by atoms with van der Waals surface area (Å²) < 4.78 is 12.7. The lowest BCUT2D eigenvalue weighted by Gasteiger charge is -2.21. The first kappa shape index (κ1) is 20.0. The molecule has 6 nitrogen and oxygen atoms in total. The van der Waals surface area contributed by atoms with Crippen LogP contribution in [-0.4, -0.2) is 41.4 Å². The first-order valence-electron chi connectivity index (χ1n) is 10.3. The van der Waals surface area contributed by atoms with Gasteiger partial charge in [-0.15, -0.1) is 0 Å². The zero-order valence-corrected chi connectivity index (χ0v) is 17.7. The summed E-state index contributed by atoms with van der Waals surface area (Å²) in [5.74, 6) is 1.31. The Balaban J connectivity index is 1.63. The Bertz CT molecular complexity index is 1040. The molecular weight excluding hydrogens is 378 g/mol. The Morgan fingerprint density at radius 3 is 2.53 bits per heavy atom. The zero-order chi connectivity index (χ0) is 21.1. The number of hydrogen-bond donors (Lipinski definition) is 0. The van der Waals surface area contributed by atoms with Crippen molar-refractivity contribution in [2.45, 2.75) is 32.7 Å². The van der Waals surface area contributed by atoms with E-state index >= 15 is 0 Å². The van der Waals surface area contributed by atoms with Gasteiger partial charge in [-0.1, -0.05) is 24.3 Å². The van der Waals surface area contributed by atoms with Crippen molar-refractivity contribution in [1.29, 1.82) is 0 Å². The van der Waals surface area contributed by atoms with Crippen LogP contribution in [0, 0.1) is 0 Å². The van der Waals surface area contributed by atoms with Crippen molar-refractivity contribution in [1.82, 2.24) is 14.7 Å². The van der Waals surface area contributed by atoms with Crippen molar-refractivity contribution >= 4 is 5.91 Å². The molecular formula is C24H27N3O3. The van der Waals surface area contributed by atoms with E-state index in [1.54, 1.807) is 14.2 Å². The predicted octanol–water partition coefficient (Wildman–Crippen LogP) is 4.04. The molecule has 0 N–H and O–H groups in total. The van der Waals surface area contributed by atoms with E-state index in [1.165, 1.54) is 0 Å². The molecule has 30 heavy (non-hydrogen) atoms. The van der Waals surface area contributed by atoms with Gasteiger partial charge in [-0.25, -0.2) is 4.68 Å². The molecule has 3 aromatic rings. The Morgan fingerprint density at radius 1 is 1.07 bits per heavy atom. The van der Waals surface area contributed by atoms with E-state index in [9.17, 15) is 4.79 Å². The SMILES string of the molecule is CCN(Cc1ccc(OC)c(OC)c1)C(=O)c1nn(-c2ccccc2)c2c1CCC2. The number of nitrogens with zero attached hydrogens (tertiary/aromatic N) is 3. The van der Waals surface area contributed by atoms with Crippen molar-refractivity contribution in [3.63, 3.8) is 0 Å². The van der Waals surface area contributed by atoms with Crippen molar-refractivity contribution in [3.8, 4) is 17.2 Å². The van der Waals surface area contributed by atoms with Crippen LogP contribution in [0.1, 0.15) is 40.7 Å². The highest BCUT2D eigenvalue weighted by Gasteiger charge is 2.29. The van der Waals surface area contributed by atoms with Crippen molar-refractivity contribution < 1.29 is 14.3 Å². The number of rotatable bonds is 7. The Hall–Kier alpha value is -3.28. The molecule has 1 amide bonds. The second-order valence-electron chi connectivity index (χ2n) is 7.38. The van der Waals surface area contributed by atoms with Crippen LogP contribution in [0.2, 0.25) is 0 Å². The average molecular weight is 405 g/mol. The summed E-state index contributed by atoms with van der Waals surface area (Å²) >= 11 is 0. The van der Waals surface area contributed by atoms with Gasteiger partial charge in [-0.3, -0.25) is 4.79 Å². The van der Waals surface area contributed by atoms with E-state index in [2.05, 4.69) is 0 Å². The topological polar surface area (TPSA) is 56.6 Å². The normalized spacial score (nSPS) is 12.5. The summed E-state index contributed by atoms with van der Waals surface area (Å²) in [6.45, 7) is 3.08. The summed E-state index contributed by atoms with van der Waals surface area (Å²) in [5, 5.41) is 4.75. The first-order chi connectivity index (χ1) is 14.7. The van der Waals surface area contributed by atoms with E-state index in [-0.39, 0.29) is 5.91 Å². The third-order valence-electron chi connectivity index (χ3n) is 5.62. The summed E-state index contributed by atoms with van der Waals surface area (Å²) in [6.07, 6.45) is 2.91. The minimum Gasteiger partial charge on any atom is -0.493 e. The van der Waals surface area contributed by atoms with Gasteiger partial charge in [0.25, 0.3) is 5.91 Å². The zero-order valence-electron chi connectivity index (χ0n) is 17.7. The highest BCUT2D eigenvalue weighted by molar-refractivity contribution is 5.94. The number of ether oxygens (including phenoxy) is 2. The molecule has 0 fully saturated rings. The molecule has 0 spiro atoms. The van der Waals surface area contributed by atoms with Crippen LogP contribution in [0.3, 0.4) is 0 Å². The van der Waals surface area contributed by atoms with Crippen LogP contribution < -0.4 is 9.47 Å². The van der Waals surface area contributed by atoms with Gasteiger partial charge < -0.3 is 14.4 Å². The van der Waals surface area contributed by atoms with Gasteiger partial charge in [0.15, 0.2) is 17.2 Å². The Morgan fingerprint density at radius 2 is 1.83 bits per heavy atom. The molecule has 4 rings (SSSR count). The second-order valence-corrected chi connectivity index (χ2v) is 7.38. The van der Waals surface area contributed by atoms with Crippen molar-refractivity contribution in [2.24, 2.45) is 0 Å². The van der Waals surface area contributed by atoms with Gasteiger partial charge in [0.1, 0.15) is 0 Å². The molecule has 1 aliphatic rings. The number of carbonyl (C=O) groups excluding carboxylic acids is 1. The molecule has 0 aliphatic heterocycles. The smallest absolute Gasteiger partial charge is 0.274 e. The van der Waals surface area contributed by atoms with Gasteiger partial charge in [-0.05, 0) is 56.0 Å². The maximum absolute atomic E-state index is 13.5. The fraction of sp³-hybridized carbons (Fsp3) is 0.333. The Kier molecular flexibility index (Phi) is 5.74. The maximum Gasteiger partial charge on any atom is 0.274 e. The molecule has 2 aromatic carbocycles. The number of amides is 1. The van der Waals surface area contributed by atoms with E-state index in [1.807, 2.05) is 65.0 Å².